The predicted molar refractivity (Wildman–Crippen MR) is 52.9 cm³/mol. The first kappa shape index (κ1) is 13.1. The van der Waals surface area contributed by atoms with Crippen molar-refractivity contribution < 1.29 is 20.1 Å². The normalized spacial score (nSPS) is 15.6. The predicted octanol–water partition coefficient (Wildman–Crippen LogP) is 0.929. The fraction of sp³-hybridized carbons (Fsp3) is 0.700. The Kier molecular flexibility index (Phi) is 7.06. The minimum atomic E-state index is -0.840. The maximum absolute atomic E-state index is 10.1. The molecule has 3 N–H and O–H groups in total. The number of aliphatic carboxylic acids is 1. The molecule has 4 nitrogen and oxygen atoms in total. The molecule has 0 saturated heterocycles. The monoisotopic (exact) mass is 202 g/mol. The van der Waals surface area contributed by atoms with Crippen LogP contribution in [0.15, 0.2) is 12.2 Å². The Labute approximate surface area is 83.9 Å². The Morgan fingerprint density at radius 3 is 2.50 bits per heavy atom. The second kappa shape index (κ2) is 7.53. The van der Waals surface area contributed by atoms with Crippen molar-refractivity contribution in [1.82, 2.24) is 0 Å². The molecule has 0 aliphatic heterocycles. The summed E-state index contributed by atoms with van der Waals surface area (Å²) in [6, 6.07) is 0. The quantitative estimate of drug-likeness (QED) is 0.537. The van der Waals surface area contributed by atoms with Crippen molar-refractivity contribution in [3.8, 4) is 0 Å². The van der Waals surface area contributed by atoms with Crippen molar-refractivity contribution in [2.75, 3.05) is 0 Å². The molecule has 0 aliphatic carbocycles. The van der Waals surface area contributed by atoms with E-state index in [2.05, 4.69) is 0 Å². The van der Waals surface area contributed by atoms with Crippen molar-refractivity contribution in [3.05, 3.63) is 12.2 Å². The summed E-state index contributed by atoms with van der Waals surface area (Å²) in [4.78, 5) is 10.1. The molecule has 0 fully saturated rings. The average Bonchev–Trinajstić information content (AvgIpc) is 2.08. The van der Waals surface area contributed by atoms with E-state index < -0.39 is 18.2 Å². The van der Waals surface area contributed by atoms with Crippen LogP contribution in [0, 0.1) is 0 Å². The lowest BCUT2D eigenvalue weighted by Crippen LogP contribution is -2.07. The van der Waals surface area contributed by atoms with Crippen molar-refractivity contribution in [2.45, 2.75) is 44.8 Å². The number of carboxylic acids is 1. The Morgan fingerprint density at radius 1 is 1.36 bits per heavy atom. The Morgan fingerprint density at radius 2 is 2.00 bits per heavy atom. The van der Waals surface area contributed by atoms with E-state index in [1.807, 2.05) is 0 Å². The average molecular weight is 202 g/mol. The molecule has 82 valence electrons. The third-order valence-electron chi connectivity index (χ3n) is 1.76. The summed E-state index contributed by atoms with van der Waals surface area (Å²) >= 11 is 0. The van der Waals surface area contributed by atoms with Crippen molar-refractivity contribution in [1.29, 1.82) is 0 Å². The van der Waals surface area contributed by atoms with Gasteiger partial charge in [0.25, 0.3) is 0 Å². The molecule has 0 rings (SSSR count). The van der Waals surface area contributed by atoms with Gasteiger partial charge in [0, 0.05) is 6.42 Å². The van der Waals surface area contributed by atoms with E-state index in [9.17, 15) is 9.90 Å². The molecule has 0 saturated carbocycles. The minimum absolute atomic E-state index is 0.0830. The molecule has 0 unspecified atom stereocenters. The lowest BCUT2D eigenvalue weighted by atomic mass is 10.1. The number of rotatable bonds is 7. The van der Waals surface area contributed by atoms with Crippen LogP contribution in [0.1, 0.15) is 32.6 Å². The highest BCUT2D eigenvalue weighted by molar-refractivity contribution is 5.66. The first-order chi connectivity index (χ1) is 6.52. The van der Waals surface area contributed by atoms with Crippen LogP contribution in [-0.2, 0) is 4.79 Å². The highest BCUT2D eigenvalue weighted by atomic mass is 16.4. The molecule has 0 radical (unpaired) electrons. The number of hydrogen-bond acceptors (Lipinski definition) is 3. The zero-order valence-electron chi connectivity index (χ0n) is 8.39. The molecule has 0 aromatic rings. The van der Waals surface area contributed by atoms with E-state index in [0.717, 1.165) is 0 Å². The van der Waals surface area contributed by atoms with Crippen molar-refractivity contribution >= 4 is 5.97 Å². The summed E-state index contributed by atoms with van der Waals surface area (Å²) in [5.74, 6) is -0.840. The summed E-state index contributed by atoms with van der Waals surface area (Å²) in [5.41, 5.74) is 0. The Bertz CT molecular complexity index is 187. The molecule has 0 aromatic heterocycles. The smallest absolute Gasteiger partial charge is 0.303 e. The fourth-order valence-electron chi connectivity index (χ4n) is 0.968. The van der Waals surface area contributed by atoms with Gasteiger partial charge in [0.2, 0.25) is 0 Å². The van der Waals surface area contributed by atoms with Gasteiger partial charge in [-0.3, -0.25) is 4.79 Å². The van der Waals surface area contributed by atoms with Crippen LogP contribution in [0.2, 0.25) is 0 Å². The van der Waals surface area contributed by atoms with Gasteiger partial charge in [0.15, 0.2) is 0 Å². The molecule has 0 bridgehead atoms. The van der Waals surface area contributed by atoms with E-state index in [0.29, 0.717) is 19.3 Å². The molecule has 0 heterocycles. The molecule has 0 aliphatic rings. The topological polar surface area (TPSA) is 77.8 Å². The maximum Gasteiger partial charge on any atom is 0.303 e. The summed E-state index contributed by atoms with van der Waals surface area (Å²) in [6.45, 7) is 1.67. The molecule has 0 amide bonds. The van der Waals surface area contributed by atoms with Crippen molar-refractivity contribution in [2.24, 2.45) is 0 Å². The number of carbonyl (C=O) groups is 1. The molecular formula is C10H18O4. The van der Waals surface area contributed by atoms with Gasteiger partial charge in [-0.15, -0.1) is 0 Å². The first-order valence-corrected chi connectivity index (χ1v) is 4.77. The zero-order chi connectivity index (χ0) is 11.0. The van der Waals surface area contributed by atoms with E-state index in [1.54, 1.807) is 19.1 Å². The highest BCUT2D eigenvalue weighted by Crippen LogP contribution is 2.03. The number of allylic oxidation sites excluding steroid dienone is 1. The Balaban J connectivity index is 3.50. The van der Waals surface area contributed by atoms with Gasteiger partial charge in [-0.25, -0.2) is 0 Å². The number of aliphatic hydroxyl groups is 2. The van der Waals surface area contributed by atoms with Crippen LogP contribution in [0.25, 0.3) is 0 Å². The van der Waals surface area contributed by atoms with Crippen LogP contribution in [0.4, 0.5) is 0 Å². The molecule has 0 aromatic carbocycles. The molecule has 2 atom stereocenters. The lowest BCUT2D eigenvalue weighted by Gasteiger charge is -2.06. The number of aliphatic hydroxyl groups excluding tert-OH is 2. The van der Waals surface area contributed by atoms with E-state index in [1.165, 1.54) is 0 Å². The molecule has 0 spiro atoms. The summed E-state index contributed by atoms with van der Waals surface area (Å²) in [5, 5.41) is 26.6. The molecular weight excluding hydrogens is 184 g/mol. The summed E-state index contributed by atoms with van der Waals surface area (Å²) < 4.78 is 0. The van der Waals surface area contributed by atoms with Crippen LogP contribution >= 0.6 is 0 Å². The van der Waals surface area contributed by atoms with Crippen molar-refractivity contribution in [3.63, 3.8) is 0 Å². The fourth-order valence-corrected chi connectivity index (χ4v) is 0.968. The van der Waals surface area contributed by atoms with Gasteiger partial charge in [-0.2, -0.15) is 0 Å². The first-order valence-electron chi connectivity index (χ1n) is 4.77. The third kappa shape index (κ3) is 9.22. The van der Waals surface area contributed by atoms with Gasteiger partial charge in [-0.05, 0) is 26.2 Å². The van der Waals surface area contributed by atoms with Crippen LogP contribution in [-0.4, -0.2) is 33.5 Å². The van der Waals surface area contributed by atoms with Gasteiger partial charge < -0.3 is 15.3 Å². The standard InChI is InChI=1S/C10H18O4/c1-8(11)6-7-9(12)4-2-3-5-10(13)14/h2,4,8-9,11-12H,3,5-7H2,1H3,(H,13,14)/b4-2+/t8-,9+/m1/s1. The van der Waals surface area contributed by atoms with Gasteiger partial charge in [-0.1, -0.05) is 12.2 Å². The SMILES string of the molecule is C[C@@H](O)CC[C@@H](O)/C=C/CCC(=O)O. The van der Waals surface area contributed by atoms with E-state index >= 15 is 0 Å². The maximum atomic E-state index is 10.1. The van der Waals surface area contributed by atoms with Crippen LogP contribution in [0.5, 0.6) is 0 Å². The summed E-state index contributed by atoms with van der Waals surface area (Å²) in [7, 11) is 0. The third-order valence-corrected chi connectivity index (χ3v) is 1.76. The second-order valence-corrected chi connectivity index (χ2v) is 3.35. The lowest BCUT2D eigenvalue weighted by molar-refractivity contribution is -0.136. The van der Waals surface area contributed by atoms with Crippen LogP contribution < -0.4 is 0 Å². The Hall–Kier alpha value is -0.870. The molecule has 4 heteroatoms. The second-order valence-electron chi connectivity index (χ2n) is 3.35. The summed E-state index contributed by atoms with van der Waals surface area (Å²) in [6.07, 6.45) is 3.80. The van der Waals surface area contributed by atoms with Crippen LogP contribution in [0.3, 0.4) is 0 Å². The number of carboxylic acid groups (broad SMARTS) is 1. The number of hydrogen-bond donors (Lipinski definition) is 3. The van der Waals surface area contributed by atoms with E-state index in [-0.39, 0.29) is 6.42 Å². The molecule has 14 heavy (non-hydrogen) atoms. The van der Waals surface area contributed by atoms with Gasteiger partial charge in [0.05, 0.1) is 12.2 Å². The van der Waals surface area contributed by atoms with E-state index in [4.69, 9.17) is 10.2 Å². The largest absolute Gasteiger partial charge is 0.481 e. The minimum Gasteiger partial charge on any atom is -0.481 e. The van der Waals surface area contributed by atoms with Gasteiger partial charge >= 0.3 is 5.97 Å². The highest BCUT2D eigenvalue weighted by Gasteiger charge is 2.02. The zero-order valence-corrected chi connectivity index (χ0v) is 8.39. The van der Waals surface area contributed by atoms with Gasteiger partial charge in [0.1, 0.15) is 0 Å².